The lowest BCUT2D eigenvalue weighted by Gasteiger charge is -2.39. The lowest BCUT2D eigenvalue weighted by atomic mass is 9.80. The minimum atomic E-state index is -0.984. The molecule has 0 amide bonds. The van der Waals surface area contributed by atoms with Gasteiger partial charge in [0.25, 0.3) is 0 Å². The van der Waals surface area contributed by atoms with E-state index in [1.807, 2.05) is 30.5 Å². The Kier molecular flexibility index (Phi) is 6.36. The van der Waals surface area contributed by atoms with Crippen molar-refractivity contribution in [2.75, 3.05) is 6.54 Å². The van der Waals surface area contributed by atoms with Gasteiger partial charge in [-0.3, -0.25) is 4.90 Å². The van der Waals surface area contributed by atoms with E-state index in [1.165, 1.54) is 50.6 Å². The second-order valence-electron chi connectivity index (χ2n) is 11.6. The van der Waals surface area contributed by atoms with Crippen LogP contribution in [0.1, 0.15) is 96.3 Å². The van der Waals surface area contributed by atoms with E-state index >= 15 is 0 Å². The molecule has 0 bridgehead atoms. The van der Waals surface area contributed by atoms with Crippen LogP contribution in [0.4, 0.5) is 0 Å². The summed E-state index contributed by atoms with van der Waals surface area (Å²) in [5, 5.41) is 10.7. The Morgan fingerprint density at radius 3 is 2.51 bits per heavy atom. The molecular weight excluding hydrogens is 486 g/mol. The Hall–Kier alpha value is -3.64. The molecule has 3 aliphatic rings. The van der Waals surface area contributed by atoms with Crippen LogP contribution < -0.4 is 4.74 Å². The van der Waals surface area contributed by atoms with Gasteiger partial charge in [-0.05, 0) is 111 Å². The Morgan fingerprint density at radius 2 is 1.72 bits per heavy atom. The number of carbonyl (C=O) groups is 1. The first-order valence-corrected chi connectivity index (χ1v) is 14.5. The van der Waals surface area contributed by atoms with Gasteiger partial charge in [-0.2, -0.15) is 0 Å². The number of nitrogens with one attached hydrogen (secondary N) is 1. The van der Waals surface area contributed by atoms with E-state index in [9.17, 15) is 9.90 Å². The molecule has 7 rings (SSSR count). The minimum Gasteiger partial charge on any atom is -0.478 e. The van der Waals surface area contributed by atoms with Crippen molar-refractivity contribution < 1.29 is 14.6 Å². The quantitative estimate of drug-likeness (QED) is 0.259. The highest BCUT2D eigenvalue weighted by Crippen LogP contribution is 2.47. The number of benzene rings is 2. The highest BCUT2D eigenvalue weighted by Gasteiger charge is 2.37. The van der Waals surface area contributed by atoms with E-state index < -0.39 is 5.97 Å². The van der Waals surface area contributed by atoms with Crippen molar-refractivity contribution in [3.05, 3.63) is 89.2 Å². The zero-order valence-electron chi connectivity index (χ0n) is 22.2. The fourth-order valence-corrected chi connectivity index (χ4v) is 7.04. The highest BCUT2D eigenvalue weighted by atomic mass is 16.5. The lowest BCUT2D eigenvalue weighted by Crippen LogP contribution is -2.37. The Morgan fingerprint density at radius 1 is 0.923 bits per heavy atom. The molecule has 0 spiro atoms. The summed E-state index contributed by atoms with van der Waals surface area (Å²) in [5.41, 5.74) is 5.30. The number of aromatic carboxylic acids is 1. The van der Waals surface area contributed by atoms with Crippen LogP contribution >= 0.6 is 0 Å². The summed E-state index contributed by atoms with van der Waals surface area (Å²) in [5.74, 6) is 1.14. The number of carboxylic acid groups (broad SMARTS) is 1. The summed E-state index contributed by atoms with van der Waals surface area (Å²) >= 11 is 0. The van der Waals surface area contributed by atoms with Crippen molar-refractivity contribution in [2.24, 2.45) is 0 Å². The van der Waals surface area contributed by atoms with Gasteiger partial charge < -0.3 is 14.8 Å². The van der Waals surface area contributed by atoms with Gasteiger partial charge in [-0.25, -0.2) is 9.78 Å². The lowest BCUT2D eigenvalue weighted by molar-refractivity contribution is 0.0694. The van der Waals surface area contributed by atoms with Crippen LogP contribution in [0.25, 0.3) is 11.0 Å². The van der Waals surface area contributed by atoms with Gasteiger partial charge >= 0.3 is 5.97 Å². The normalized spacial score (nSPS) is 23.7. The van der Waals surface area contributed by atoms with Gasteiger partial charge in [0.15, 0.2) is 0 Å². The third-order valence-electron chi connectivity index (χ3n) is 9.14. The molecule has 1 aliphatic heterocycles. The minimum absolute atomic E-state index is 0.177. The summed E-state index contributed by atoms with van der Waals surface area (Å²) in [6.45, 7) is 1.20. The molecule has 6 heteroatoms. The second-order valence-corrected chi connectivity index (χ2v) is 11.6. The first-order valence-electron chi connectivity index (χ1n) is 14.5. The third-order valence-corrected chi connectivity index (χ3v) is 9.14. The highest BCUT2D eigenvalue weighted by molar-refractivity contribution is 5.91. The molecule has 3 heterocycles. The molecule has 2 saturated carbocycles. The van der Waals surface area contributed by atoms with Gasteiger partial charge in [0.1, 0.15) is 22.7 Å². The summed E-state index contributed by atoms with van der Waals surface area (Å²) in [6.07, 6.45) is 13.3. The number of pyridine rings is 1. The SMILES string of the molecule is O=C(O)c1ccc(C2CCC(N3CCC[C@H]3c3ccccc3C3CC3)CC2)cc1Oc1cnc2[nH]ccc2c1. The Bertz CT molecular complexity index is 1500. The number of hydrogen-bond acceptors (Lipinski definition) is 4. The van der Waals surface area contributed by atoms with Crippen LogP contribution in [0.3, 0.4) is 0 Å². The van der Waals surface area contributed by atoms with Crippen molar-refractivity contribution >= 4 is 17.0 Å². The van der Waals surface area contributed by atoms with Gasteiger partial charge in [0.05, 0.1) is 6.20 Å². The molecule has 39 heavy (non-hydrogen) atoms. The van der Waals surface area contributed by atoms with Crippen molar-refractivity contribution in [3.63, 3.8) is 0 Å². The number of carboxylic acids is 1. The molecule has 1 saturated heterocycles. The predicted octanol–water partition coefficient (Wildman–Crippen LogP) is 7.79. The number of aromatic amines is 1. The Labute approximate surface area is 229 Å². The van der Waals surface area contributed by atoms with Gasteiger partial charge in [0.2, 0.25) is 0 Å². The smallest absolute Gasteiger partial charge is 0.339 e. The monoisotopic (exact) mass is 521 g/mol. The molecule has 2 aliphatic carbocycles. The molecule has 0 radical (unpaired) electrons. The summed E-state index contributed by atoms with van der Waals surface area (Å²) in [7, 11) is 0. The third kappa shape index (κ3) is 4.82. The molecule has 3 fully saturated rings. The van der Waals surface area contributed by atoms with Crippen LogP contribution in [-0.2, 0) is 0 Å². The van der Waals surface area contributed by atoms with E-state index in [2.05, 4.69) is 39.1 Å². The van der Waals surface area contributed by atoms with Crippen molar-refractivity contribution in [1.29, 1.82) is 0 Å². The summed E-state index contributed by atoms with van der Waals surface area (Å²) < 4.78 is 6.12. The predicted molar refractivity (Wildman–Crippen MR) is 152 cm³/mol. The zero-order valence-corrected chi connectivity index (χ0v) is 22.2. The molecule has 0 unspecified atom stereocenters. The van der Waals surface area contributed by atoms with E-state index in [4.69, 9.17) is 4.74 Å². The number of aromatic nitrogens is 2. The first kappa shape index (κ1) is 24.4. The average Bonchev–Trinajstić information content (AvgIpc) is 3.50. The van der Waals surface area contributed by atoms with Crippen molar-refractivity contribution in [1.82, 2.24) is 14.9 Å². The molecule has 2 aromatic carbocycles. The van der Waals surface area contributed by atoms with Crippen LogP contribution in [-0.4, -0.2) is 38.5 Å². The molecule has 200 valence electrons. The molecule has 6 nitrogen and oxygen atoms in total. The number of nitrogens with zero attached hydrogens (tertiary/aromatic N) is 2. The molecule has 1 atom stereocenters. The number of ether oxygens (including phenoxy) is 1. The number of likely N-dealkylation sites (tertiary alicyclic amines) is 1. The largest absolute Gasteiger partial charge is 0.478 e. The fraction of sp³-hybridized carbons (Fsp3) is 0.394. The van der Waals surface area contributed by atoms with Crippen molar-refractivity contribution in [2.45, 2.75) is 75.3 Å². The average molecular weight is 522 g/mol. The van der Waals surface area contributed by atoms with Crippen molar-refractivity contribution in [3.8, 4) is 11.5 Å². The maximum atomic E-state index is 12.0. The van der Waals surface area contributed by atoms with Crippen LogP contribution in [0.5, 0.6) is 11.5 Å². The first-order chi connectivity index (χ1) is 19.1. The van der Waals surface area contributed by atoms with Gasteiger partial charge in [-0.15, -0.1) is 0 Å². The van der Waals surface area contributed by atoms with E-state index in [1.54, 1.807) is 23.4 Å². The van der Waals surface area contributed by atoms with Crippen LogP contribution in [0.2, 0.25) is 0 Å². The van der Waals surface area contributed by atoms with Crippen LogP contribution in [0.15, 0.2) is 67.0 Å². The van der Waals surface area contributed by atoms with E-state index in [0.717, 1.165) is 29.8 Å². The molecule has 4 aromatic rings. The molecular formula is C33H35N3O3. The summed E-state index contributed by atoms with van der Waals surface area (Å²) in [4.78, 5) is 22.2. The summed E-state index contributed by atoms with van der Waals surface area (Å²) in [6, 6.07) is 19.8. The fourth-order valence-electron chi connectivity index (χ4n) is 7.04. The topological polar surface area (TPSA) is 78.4 Å². The zero-order chi connectivity index (χ0) is 26.3. The van der Waals surface area contributed by atoms with Gasteiger partial charge in [0, 0.05) is 23.7 Å². The van der Waals surface area contributed by atoms with E-state index in [-0.39, 0.29) is 5.56 Å². The number of H-pyrrole nitrogens is 1. The van der Waals surface area contributed by atoms with E-state index in [0.29, 0.717) is 29.5 Å². The molecule has 2 aromatic heterocycles. The van der Waals surface area contributed by atoms with Gasteiger partial charge in [-0.1, -0.05) is 30.3 Å². The second kappa shape index (κ2) is 10.2. The maximum absolute atomic E-state index is 12.0. The standard InChI is InChI=1S/C33H35N3O3/c37-33(38)29-14-11-23(19-31(29)39-26-18-24-15-16-34-32(24)35-20-26)21-9-12-25(13-10-21)36-17-3-6-30(36)28-5-2-1-4-27(28)22-7-8-22/h1-2,4-5,11,14-16,18-22,25,30H,3,6-10,12-13,17H2,(H,34,35)(H,37,38)/t21?,25?,30-/m0/s1. The van der Waals surface area contributed by atoms with Crippen LogP contribution in [0, 0.1) is 0 Å². The number of hydrogen-bond donors (Lipinski definition) is 2. The molecule has 2 N–H and O–H groups in total. The Balaban J connectivity index is 1.07. The number of rotatable bonds is 7. The number of fused-ring (bicyclic) bond motifs is 1. The maximum Gasteiger partial charge on any atom is 0.339 e.